The molecule has 1 aromatic rings. The van der Waals surface area contributed by atoms with Crippen molar-refractivity contribution in [2.24, 2.45) is 10.7 Å². The van der Waals surface area contributed by atoms with Gasteiger partial charge in [0.2, 0.25) is 0 Å². The van der Waals surface area contributed by atoms with Crippen LogP contribution in [0.4, 0.5) is 5.69 Å². The minimum Gasteiger partial charge on any atom is -0.478 e. The van der Waals surface area contributed by atoms with Crippen LogP contribution in [0.2, 0.25) is 0 Å². The first-order valence-corrected chi connectivity index (χ1v) is 5.42. The number of halogens is 1. The first-order valence-electron chi connectivity index (χ1n) is 4.63. The van der Waals surface area contributed by atoms with E-state index in [9.17, 15) is 4.79 Å². The van der Waals surface area contributed by atoms with E-state index in [2.05, 4.69) is 20.9 Å². The van der Waals surface area contributed by atoms with Gasteiger partial charge in [-0.05, 0) is 24.3 Å². The fraction of sp³-hybridized carbons (Fsp3) is 0.0909. The minimum atomic E-state index is -0.967. The smallest absolute Gasteiger partial charge is 0.332 e. The number of aliphatic carboxylic acids is 1. The van der Waals surface area contributed by atoms with Crippen molar-refractivity contribution in [1.82, 2.24) is 0 Å². The molecule has 0 amide bonds. The number of nitrogens with two attached hydrogens (primary N) is 1. The van der Waals surface area contributed by atoms with Gasteiger partial charge < -0.3 is 10.8 Å². The van der Waals surface area contributed by atoms with Gasteiger partial charge in [-0.3, -0.25) is 0 Å². The Hall–Kier alpha value is -1.62. The molecule has 0 aliphatic carbocycles. The van der Waals surface area contributed by atoms with Gasteiger partial charge in [0.15, 0.2) is 0 Å². The fourth-order valence-corrected chi connectivity index (χ4v) is 1.89. The molecule has 0 atom stereocenters. The lowest BCUT2D eigenvalue weighted by Crippen LogP contribution is -2.14. The minimum absolute atomic E-state index is 0.168. The van der Waals surface area contributed by atoms with E-state index in [4.69, 9.17) is 10.8 Å². The van der Waals surface area contributed by atoms with Crippen LogP contribution in [0.25, 0.3) is 6.08 Å². The number of amidine groups is 1. The molecule has 4 nitrogen and oxygen atoms in total. The summed E-state index contributed by atoms with van der Waals surface area (Å²) in [5.41, 5.74) is 7.35. The monoisotopic (exact) mass is 280 g/mol. The van der Waals surface area contributed by atoms with Crippen LogP contribution in [0.1, 0.15) is 12.0 Å². The summed E-state index contributed by atoms with van der Waals surface area (Å²) in [4.78, 5) is 15.1. The maximum Gasteiger partial charge on any atom is 0.332 e. The summed E-state index contributed by atoms with van der Waals surface area (Å²) in [5, 5.41) is 8.99. The Morgan fingerprint density at radius 3 is 2.94 bits per heavy atom. The molecule has 0 unspecified atom stereocenters. The molecule has 1 aromatic carbocycles. The zero-order chi connectivity index (χ0) is 11.7. The van der Waals surface area contributed by atoms with E-state index < -0.39 is 5.97 Å². The van der Waals surface area contributed by atoms with E-state index in [1.807, 2.05) is 12.1 Å². The normalized spacial score (nSPS) is 14.6. The van der Waals surface area contributed by atoms with Gasteiger partial charge in [-0.25, -0.2) is 9.79 Å². The van der Waals surface area contributed by atoms with Crippen LogP contribution in [0, 0.1) is 0 Å². The molecule has 1 heterocycles. The molecule has 82 valence electrons. The lowest BCUT2D eigenvalue weighted by molar-refractivity contribution is -0.132. The number of hydrogen-bond acceptors (Lipinski definition) is 3. The number of carboxylic acids is 1. The highest BCUT2D eigenvalue weighted by molar-refractivity contribution is 9.10. The maximum absolute atomic E-state index is 11.0. The number of aliphatic imine (C=N–C) groups is 1. The van der Waals surface area contributed by atoms with Gasteiger partial charge in [0.05, 0.1) is 5.69 Å². The second-order valence-electron chi connectivity index (χ2n) is 3.46. The number of fused-ring (bicyclic) bond motifs is 1. The lowest BCUT2D eigenvalue weighted by atomic mass is 10.1. The molecular weight excluding hydrogens is 272 g/mol. The number of carbonyl (C=O) groups is 1. The Kier molecular flexibility index (Phi) is 2.78. The molecule has 0 radical (unpaired) electrons. The van der Waals surface area contributed by atoms with Crippen molar-refractivity contribution in [2.75, 3.05) is 0 Å². The van der Waals surface area contributed by atoms with Gasteiger partial charge in [0, 0.05) is 22.0 Å². The van der Waals surface area contributed by atoms with Crippen LogP contribution in [0.3, 0.4) is 0 Å². The molecular formula is C11H9BrN2O2. The Morgan fingerprint density at radius 2 is 2.25 bits per heavy atom. The molecule has 0 saturated heterocycles. The van der Waals surface area contributed by atoms with Crippen LogP contribution in [-0.4, -0.2) is 16.9 Å². The third kappa shape index (κ3) is 2.14. The molecule has 0 bridgehead atoms. The Labute approximate surface area is 101 Å². The second-order valence-corrected chi connectivity index (χ2v) is 4.37. The highest BCUT2D eigenvalue weighted by Crippen LogP contribution is 2.28. The summed E-state index contributed by atoms with van der Waals surface area (Å²) in [6.45, 7) is 0. The third-order valence-electron chi connectivity index (χ3n) is 2.23. The van der Waals surface area contributed by atoms with E-state index in [-0.39, 0.29) is 12.0 Å². The largest absolute Gasteiger partial charge is 0.478 e. The standard InChI is InChI=1S/C11H9BrN2O2/c12-8-1-2-9-6(4-8)3-7(11(15)16)5-10(13)14-9/h1-4H,5H2,(H2,13,14)(H,15,16). The van der Waals surface area contributed by atoms with E-state index in [1.165, 1.54) is 0 Å². The summed E-state index contributed by atoms with van der Waals surface area (Å²) < 4.78 is 0.878. The van der Waals surface area contributed by atoms with Crippen LogP contribution in [0.5, 0.6) is 0 Å². The van der Waals surface area contributed by atoms with E-state index in [0.717, 1.165) is 10.0 Å². The topological polar surface area (TPSA) is 75.7 Å². The van der Waals surface area contributed by atoms with Crippen molar-refractivity contribution in [2.45, 2.75) is 6.42 Å². The number of rotatable bonds is 1. The highest BCUT2D eigenvalue weighted by atomic mass is 79.9. The van der Waals surface area contributed by atoms with Gasteiger partial charge in [-0.1, -0.05) is 15.9 Å². The van der Waals surface area contributed by atoms with Crippen molar-refractivity contribution >= 4 is 39.5 Å². The summed E-state index contributed by atoms with van der Waals surface area (Å²) in [5.74, 6) is -0.652. The van der Waals surface area contributed by atoms with Gasteiger partial charge in [0.25, 0.3) is 0 Å². The van der Waals surface area contributed by atoms with Crippen molar-refractivity contribution in [1.29, 1.82) is 0 Å². The Bertz CT molecular complexity index is 521. The molecule has 16 heavy (non-hydrogen) atoms. The first-order chi connectivity index (χ1) is 7.56. The molecule has 1 aliphatic heterocycles. The number of hydrogen-bond donors (Lipinski definition) is 2. The lowest BCUT2D eigenvalue weighted by Gasteiger charge is -2.00. The van der Waals surface area contributed by atoms with Gasteiger partial charge in [0.1, 0.15) is 5.84 Å². The van der Waals surface area contributed by atoms with Crippen molar-refractivity contribution in [3.8, 4) is 0 Å². The Balaban J connectivity index is 2.61. The summed E-state index contributed by atoms with van der Waals surface area (Å²) in [6, 6.07) is 5.46. The van der Waals surface area contributed by atoms with E-state index in [1.54, 1.807) is 12.1 Å². The van der Waals surface area contributed by atoms with Gasteiger partial charge >= 0.3 is 5.97 Å². The zero-order valence-corrected chi connectivity index (χ0v) is 9.86. The molecule has 1 aliphatic rings. The number of carboxylic acid groups (broad SMARTS) is 1. The third-order valence-corrected chi connectivity index (χ3v) is 2.72. The van der Waals surface area contributed by atoms with Crippen LogP contribution < -0.4 is 5.73 Å². The van der Waals surface area contributed by atoms with Crippen LogP contribution in [-0.2, 0) is 4.79 Å². The number of benzene rings is 1. The molecule has 5 heteroatoms. The van der Waals surface area contributed by atoms with Gasteiger partial charge in [-0.15, -0.1) is 0 Å². The van der Waals surface area contributed by atoms with E-state index in [0.29, 0.717) is 11.5 Å². The quantitative estimate of drug-likeness (QED) is 0.829. The summed E-state index contributed by atoms with van der Waals surface area (Å²) >= 11 is 3.33. The average molecular weight is 281 g/mol. The average Bonchev–Trinajstić information content (AvgIpc) is 2.36. The summed E-state index contributed by atoms with van der Waals surface area (Å²) in [6.07, 6.45) is 1.77. The summed E-state index contributed by atoms with van der Waals surface area (Å²) in [7, 11) is 0. The van der Waals surface area contributed by atoms with E-state index >= 15 is 0 Å². The molecule has 0 saturated carbocycles. The second kappa shape index (κ2) is 4.09. The van der Waals surface area contributed by atoms with Crippen molar-refractivity contribution in [3.05, 3.63) is 33.8 Å². The molecule has 3 N–H and O–H groups in total. The first kappa shape index (κ1) is 10.9. The molecule has 0 spiro atoms. The zero-order valence-electron chi connectivity index (χ0n) is 8.27. The predicted octanol–water partition coefficient (Wildman–Crippen LogP) is 2.31. The highest BCUT2D eigenvalue weighted by Gasteiger charge is 2.14. The SMILES string of the molecule is NC1=Nc2ccc(Br)cc2C=C(C(=O)O)C1. The van der Waals surface area contributed by atoms with Crippen molar-refractivity contribution < 1.29 is 9.90 Å². The molecule has 2 rings (SSSR count). The fourth-order valence-electron chi connectivity index (χ4n) is 1.51. The predicted molar refractivity (Wildman–Crippen MR) is 65.7 cm³/mol. The molecule has 0 fully saturated rings. The number of nitrogens with zero attached hydrogens (tertiary/aromatic N) is 1. The van der Waals surface area contributed by atoms with Crippen LogP contribution in [0.15, 0.2) is 33.2 Å². The Morgan fingerprint density at radius 1 is 1.50 bits per heavy atom. The van der Waals surface area contributed by atoms with Crippen molar-refractivity contribution in [3.63, 3.8) is 0 Å². The maximum atomic E-state index is 11.0. The van der Waals surface area contributed by atoms with Crippen LogP contribution >= 0.6 is 15.9 Å². The van der Waals surface area contributed by atoms with Gasteiger partial charge in [-0.2, -0.15) is 0 Å². The molecule has 0 aromatic heterocycles.